The molecule has 1 aromatic heterocycles. The number of amides is 1. The van der Waals surface area contributed by atoms with Crippen LogP contribution in [0.1, 0.15) is 31.1 Å². The molecule has 6 heteroatoms. The van der Waals surface area contributed by atoms with Crippen LogP contribution in [0.15, 0.2) is 34.9 Å². The fourth-order valence-electron chi connectivity index (χ4n) is 2.74. The normalized spacial score (nSPS) is 16.0. The van der Waals surface area contributed by atoms with Gasteiger partial charge in [0.15, 0.2) is 0 Å². The van der Waals surface area contributed by atoms with Crippen LogP contribution in [0.25, 0.3) is 11.4 Å². The smallest absolute Gasteiger partial charge is 0.230 e. The van der Waals surface area contributed by atoms with Crippen molar-refractivity contribution in [1.82, 2.24) is 15.0 Å². The highest BCUT2D eigenvalue weighted by atomic mass is 32.1. The third-order valence-corrected chi connectivity index (χ3v) is 4.22. The van der Waals surface area contributed by atoms with Crippen molar-refractivity contribution in [3.05, 3.63) is 36.2 Å². The minimum absolute atomic E-state index is 0.184. The first-order valence-corrected chi connectivity index (χ1v) is 8.19. The summed E-state index contributed by atoms with van der Waals surface area (Å²) in [6, 6.07) is 9.80. The summed E-state index contributed by atoms with van der Waals surface area (Å²) in [5.74, 6) is 2.33. The van der Waals surface area contributed by atoms with Crippen LogP contribution in [0.4, 0.5) is 0 Å². The van der Waals surface area contributed by atoms with E-state index < -0.39 is 0 Å². The molecule has 1 aromatic carbocycles. The number of nitrogens with zero attached hydrogens (tertiary/aromatic N) is 3. The topological polar surface area (TPSA) is 59.2 Å². The van der Waals surface area contributed by atoms with Gasteiger partial charge < -0.3 is 9.42 Å². The molecule has 0 spiro atoms. The third-order valence-electron chi connectivity index (χ3n) is 4.00. The van der Waals surface area contributed by atoms with Crippen LogP contribution in [-0.4, -0.2) is 39.8 Å². The Bertz CT molecular complexity index is 621. The molecule has 1 amide bonds. The summed E-state index contributed by atoms with van der Waals surface area (Å²) in [6.45, 7) is 1.50. The van der Waals surface area contributed by atoms with E-state index >= 15 is 0 Å². The lowest BCUT2D eigenvalue weighted by Gasteiger charge is -2.30. The Morgan fingerprint density at radius 3 is 2.68 bits per heavy atom. The first-order chi connectivity index (χ1) is 10.8. The molecule has 116 valence electrons. The van der Waals surface area contributed by atoms with E-state index in [1.165, 1.54) is 0 Å². The molecule has 0 saturated carbocycles. The fraction of sp³-hybridized carbons (Fsp3) is 0.438. The summed E-state index contributed by atoms with van der Waals surface area (Å²) in [6.07, 6.45) is 2.25. The van der Waals surface area contributed by atoms with Crippen LogP contribution in [0.3, 0.4) is 0 Å². The van der Waals surface area contributed by atoms with Gasteiger partial charge in [0, 0.05) is 31.0 Å². The molecular formula is C16H19N3O2S. The van der Waals surface area contributed by atoms with Crippen molar-refractivity contribution in [2.75, 3.05) is 18.8 Å². The predicted octanol–water partition coefficient (Wildman–Crippen LogP) is 2.76. The molecule has 0 atom stereocenters. The van der Waals surface area contributed by atoms with Gasteiger partial charge in [-0.2, -0.15) is 17.6 Å². The van der Waals surface area contributed by atoms with Gasteiger partial charge in [-0.3, -0.25) is 4.79 Å². The number of piperidine rings is 1. The number of benzene rings is 1. The molecule has 2 heterocycles. The Hall–Kier alpha value is -1.82. The van der Waals surface area contributed by atoms with Crippen molar-refractivity contribution in [2.45, 2.75) is 25.2 Å². The van der Waals surface area contributed by atoms with Gasteiger partial charge in [0.1, 0.15) is 0 Å². The Balaban J connectivity index is 1.63. The van der Waals surface area contributed by atoms with Crippen LogP contribution in [0.5, 0.6) is 0 Å². The van der Waals surface area contributed by atoms with E-state index in [1.807, 2.05) is 35.2 Å². The molecule has 2 aromatic rings. The lowest BCUT2D eigenvalue weighted by molar-refractivity contribution is -0.131. The summed E-state index contributed by atoms with van der Waals surface area (Å²) in [5, 5.41) is 4.07. The second-order valence-corrected chi connectivity index (χ2v) is 5.90. The molecule has 5 nitrogen and oxygen atoms in total. The van der Waals surface area contributed by atoms with Crippen LogP contribution in [0.2, 0.25) is 0 Å². The zero-order chi connectivity index (χ0) is 15.4. The SMILES string of the molecule is O=C(CCS)N1CCC(c2nc(-c3ccccc3)no2)CC1. The molecule has 0 aliphatic carbocycles. The van der Waals surface area contributed by atoms with E-state index in [0.717, 1.165) is 31.5 Å². The number of hydrogen-bond acceptors (Lipinski definition) is 5. The lowest BCUT2D eigenvalue weighted by Crippen LogP contribution is -2.38. The molecule has 1 aliphatic rings. The first-order valence-electron chi connectivity index (χ1n) is 7.55. The van der Waals surface area contributed by atoms with Crippen LogP contribution in [0, 0.1) is 0 Å². The minimum Gasteiger partial charge on any atom is -0.343 e. The van der Waals surface area contributed by atoms with Crippen molar-refractivity contribution in [3.63, 3.8) is 0 Å². The van der Waals surface area contributed by atoms with E-state index in [-0.39, 0.29) is 11.8 Å². The van der Waals surface area contributed by atoms with Crippen molar-refractivity contribution < 1.29 is 9.32 Å². The van der Waals surface area contributed by atoms with Crippen molar-refractivity contribution >= 4 is 18.5 Å². The van der Waals surface area contributed by atoms with Crippen molar-refractivity contribution in [3.8, 4) is 11.4 Å². The molecular weight excluding hydrogens is 298 g/mol. The van der Waals surface area contributed by atoms with Crippen LogP contribution < -0.4 is 0 Å². The van der Waals surface area contributed by atoms with Crippen molar-refractivity contribution in [2.24, 2.45) is 0 Å². The van der Waals surface area contributed by atoms with Gasteiger partial charge in [-0.25, -0.2) is 0 Å². The number of thiol groups is 1. The zero-order valence-electron chi connectivity index (χ0n) is 12.3. The van der Waals surface area contributed by atoms with Gasteiger partial charge in [-0.1, -0.05) is 35.5 Å². The lowest BCUT2D eigenvalue weighted by atomic mass is 9.96. The Morgan fingerprint density at radius 2 is 2.00 bits per heavy atom. The van der Waals surface area contributed by atoms with Gasteiger partial charge in [-0.15, -0.1) is 0 Å². The second-order valence-electron chi connectivity index (χ2n) is 5.45. The second kappa shape index (κ2) is 6.96. The Kier molecular flexibility index (Phi) is 4.77. The molecule has 1 aliphatic heterocycles. The molecule has 3 rings (SSSR count). The highest BCUT2D eigenvalue weighted by Gasteiger charge is 2.27. The highest BCUT2D eigenvalue weighted by Crippen LogP contribution is 2.28. The van der Waals surface area contributed by atoms with Gasteiger partial charge in [0.05, 0.1) is 0 Å². The van der Waals surface area contributed by atoms with E-state index in [9.17, 15) is 4.79 Å². The summed E-state index contributed by atoms with van der Waals surface area (Å²) < 4.78 is 5.42. The maximum absolute atomic E-state index is 11.9. The molecule has 0 unspecified atom stereocenters. The predicted molar refractivity (Wildman–Crippen MR) is 86.8 cm³/mol. The maximum Gasteiger partial charge on any atom is 0.230 e. The van der Waals surface area contributed by atoms with E-state index in [4.69, 9.17) is 4.52 Å². The molecule has 1 fully saturated rings. The number of carbonyl (C=O) groups is 1. The Morgan fingerprint density at radius 1 is 1.27 bits per heavy atom. The number of aromatic nitrogens is 2. The Labute approximate surface area is 135 Å². The molecule has 0 radical (unpaired) electrons. The van der Waals surface area contributed by atoms with E-state index in [2.05, 4.69) is 22.8 Å². The minimum atomic E-state index is 0.184. The molecule has 0 N–H and O–H groups in total. The van der Waals surface area contributed by atoms with Gasteiger partial charge in [-0.05, 0) is 18.6 Å². The van der Waals surface area contributed by atoms with Gasteiger partial charge in [0.2, 0.25) is 17.6 Å². The average Bonchev–Trinajstić information content (AvgIpc) is 3.06. The zero-order valence-corrected chi connectivity index (χ0v) is 13.2. The van der Waals surface area contributed by atoms with Gasteiger partial charge >= 0.3 is 0 Å². The first kappa shape index (κ1) is 15.1. The number of carbonyl (C=O) groups excluding carboxylic acids is 1. The summed E-state index contributed by atoms with van der Waals surface area (Å²) in [7, 11) is 0. The number of likely N-dealkylation sites (tertiary alicyclic amines) is 1. The van der Waals surface area contributed by atoms with Crippen molar-refractivity contribution in [1.29, 1.82) is 0 Å². The summed E-state index contributed by atoms with van der Waals surface area (Å²) >= 11 is 4.11. The average molecular weight is 317 g/mol. The van der Waals surface area contributed by atoms with Crippen LogP contribution >= 0.6 is 12.6 Å². The summed E-state index contributed by atoms with van der Waals surface area (Å²) in [5.41, 5.74) is 0.957. The van der Waals surface area contributed by atoms with Crippen LogP contribution in [-0.2, 0) is 4.79 Å². The standard InChI is InChI=1S/C16H19N3O2S/c20-14(8-11-22)19-9-6-13(7-10-19)16-17-15(18-21-16)12-4-2-1-3-5-12/h1-5,13,22H,6-11H2. The quantitative estimate of drug-likeness (QED) is 0.881. The maximum atomic E-state index is 11.9. The number of rotatable bonds is 4. The highest BCUT2D eigenvalue weighted by molar-refractivity contribution is 7.80. The number of hydrogen-bond donors (Lipinski definition) is 1. The molecule has 0 bridgehead atoms. The van der Waals surface area contributed by atoms with E-state index in [1.54, 1.807) is 0 Å². The van der Waals surface area contributed by atoms with Gasteiger partial charge in [0.25, 0.3) is 0 Å². The van der Waals surface area contributed by atoms with E-state index in [0.29, 0.717) is 23.9 Å². The molecule has 22 heavy (non-hydrogen) atoms. The monoisotopic (exact) mass is 317 g/mol. The molecule has 1 saturated heterocycles. The largest absolute Gasteiger partial charge is 0.343 e. The fourth-order valence-corrected chi connectivity index (χ4v) is 2.93. The third kappa shape index (κ3) is 3.32. The summed E-state index contributed by atoms with van der Waals surface area (Å²) in [4.78, 5) is 18.3.